The van der Waals surface area contributed by atoms with Crippen LogP contribution in [0.4, 0.5) is 0 Å². The predicted octanol–water partition coefficient (Wildman–Crippen LogP) is -1.75. The van der Waals surface area contributed by atoms with Gasteiger partial charge in [0.1, 0.15) is 0 Å². The molecule has 6 heteroatoms. The van der Waals surface area contributed by atoms with Crippen molar-refractivity contribution in [3.63, 3.8) is 0 Å². The Morgan fingerprint density at radius 1 is 1.60 bits per heavy atom. The second-order valence-corrected chi connectivity index (χ2v) is 4.15. The summed E-state index contributed by atoms with van der Waals surface area (Å²) < 4.78 is 27.7. The highest BCUT2D eigenvalue weighted by molar-refractivity contribution is 7.88. The summed E-state index contributed by atoms with van der Waals surface area (Å²) in [5.74, 6) is 0. The van der Waals surface area contributed by atoms with E-state index < -0.39 is 15.7 Å². The summed E-state index contributed by atoms with van der Waals surface area (Å²) in [6, 6.07) is 0. The summed E-state index contributed by atoms with van der Waals surface area (Å²) in [6.07, 6.45) is 0.989. The van der Waals surface area contributed by atoms with Crippen LogP contribution in [-0.2, 0) is 14.8 Å². The maximum atomic E-state index is 10.5. The van der Waals surface area contributed by atoms with Gasteiger partial charge in [0.15, 0.2) is 5.72 Å². The van der Waals surface area contributed by atoms with Crippen LogP contribution < -0.4 is 4.72 Å². The van der Waals surface area contributed by atoms with Crippen molar-refractivity contribution in [1.82, 2.24) is 4.72 Å². The highest BCUT2D eigenvalue weighted by atomic mass is 32.2. The molecule has 0 amide bonds. The van der Waals surface area contributed by atoms with E-state index in [0.29, 0.717) is 0 Å². The molecule has 0 unspecified atom stereocenters. The van der Waals surface area contributed by atoms with E-state index in [1.54, 1.807) is 0 Å². The lowest BCUT2D eigenvalue weighted by Crippen LogP contribution is -2.61. The lowest BCUT2D eigenvalue weighted by atomic mass is 10.2. The van der Waals surface area contributed by atoms with Crippen molar-refractivity contribution < 1.29 is 18.3 Å². The Bertz CT molecular complexity index is 217. The van der Waals surface area contributed by atoms with Gasteiger partial charge in [0.05, 0.1) is 19.5 Å². The standard InChI is InChI=1S/C4H9NO4S/c1-10(7,8)5-4(6)2-9-3-4/h5-6H,2-3H2,1H3. The molecule has 1 aliphatic heterocycles. The average molecular weight is 167 g/mol. The van der Waals surface area contributed by atoms with Crippen LogP contribution in [0.2, 0.25) is 0 Å². The fourth-order valence-electron chi connectivity index (χ4n) is 0.699. The fourth-order valence-corrected chi connectivity index (χ4v) is 1.51. The Balaban J connectivity index is 2.53. The summed E-state index contributed by atoms with van der Waals surface area (Å²) >= 11 is 0. The summed E-state index contributed by atoms with van der Waals surface area (Å²) in [4.78, 5) is 0. The van der Waals surface area contributed by atoms with E-state index in [2.05, 4.69) is 4.74 Å². The second-order valence-electron chi connectivity index (χ2n) is 2.40. The highest BCUT2D eigenvalue weighted by Crippen LogP contribution is 2.12. The summed E-state index contributed by atoms with van der Waals surface area (Å²) in [5, 5.41) is 9.13. The molecule has 1 rings (SSSR count). The quantitative estimate of drug-likeness (QED) is 0.478. The first kappa shape index (κ1) is 7.93. The third-order valence-corrected chi connectivity index (χ3v) is 1.81. The number of rotatable bonds is 2. The van der Waals surface area contributed by atoms with Crippen LogP contribution in [0.1, 0.15) is 0 Å². The van der Waals surface area contributed by atoms with E-state index in [1.165, 1.54) is 0 Å². The van der Waals surface area contributed by atoms with Gasteiger partial charge in [0, 0.05) is 0 Å². The molecule has 0 aliphatic carbocycles. The van der Waals surface area contributed by atoms with Crippen LogP contribution in [0.25, 0.3) is 0 Å². The number of hydrogen-bond donors (Lipinski definition) is 2. The Kier molecular flexibility index (Phi) is 1.71. The number of sulfonamides is 1. The molecule has 0 aromatic carbocycles. The van der Waals surface area contributed by atoms with Gasteiger partial charge in [-0.05, 0) is 0 Å². The number of nitrogens with one attached hydrogen (secondary N) is 1. The topological polar surface area (TPSA) is 75.6 Å². The third kappa shape index (κ3) is 1.91. The van der Waals surface area contributed by atoms with Gasteiger partial charge in [0.25, 0.3) is 0 Å². The van der Waals surface area contributed by atoms with Gasteiger partial charge in [-0.1, -0.05) is 0 Å². The van der Waals surface area contributed by atoms with Crippen molar-refractivity contribution in [2.24, 2.45) is 0 Å². The van der Waals surface area contributed by atoms with Crippen molar-refractivity contribution in [3.8, 4) is 0 Å². The van der Waals surface area contributed by atoms with Gasteiger partial charge < -0.3 is 9.84 Å². The highest BCUT2D eigenvalue weighted by Gasteiger charge is 2.38. The van der Waals surface area contributed by atoms with Crippen molar-refractivity contribution in [2.75, 3.05) is 19.5 Å². The molecule has 0 aromatic heterocycles. The zero-order valence-corrected chi connectivity index (χ0v) is 6.31. The molecule has 0 saturated carbocycles. The van der Waals surface area contributed by atoms with Crippen LogP contribution >= 0.6 is 0 Å². The second kappa shape index (κ2) is 2.16. The maximum absolute atomic E-state index is 10.5. The van der Waals surface area contributed by atoms with Crippen molar-refractivity contribution >= 4 is 10.0 Å². The van der Waals surface area contributed by atoms with Crippen LogP contribution in [0.5, 0.6) is 0 Å². The molecule has 0 bridgehead atoms. The van der Waals surface area contributed by atoms with Crippen molar-refractivity contribution in [3.05, 3.63) is 0 Å². The third-order valence-electron chi connectivity index (χ3n) is 1.06. The predicted molar refractivity (Wildman–Crippen MR) is 33.7 cm³/mol. The van der Waals surface area contributed by atoms with Crippen LogP contribution in [0.3, 0.4) is 0 Å². The first-order chi connectivity index (χ1) is 4.41. The van der Waals surface area contributed by atoms with E-state index in [-0.39, 0.29) is 13.2 Å². The van der Waals surface area contributed by atoms with Crippen molar-refractivity contribution in [1.29, 1.82) is 0 Å². The number of ether oxygens (including phenoxy) is 1. The minimum absolute atomic E-state index is 0.0278. The Morgan fingerprint density at radius 2 is 2.10 bits per heavy atom. The summed E-state index contributed by atoms with van der Waals surface area (Å²) in [6.45, 7) is 0.0557. The molecule has 0 aromatic rings. The SMILES string of the molecule is CS(=O)(=O)NC1(O)COC1. The molecular weight excluding hydrogens is 158 g/mol. The van der Waals surface area contributed by atoms with E-state index >= 15 is 0 Å². The summed E-state index contributed by atoms with van der Waals surface area (Å²) in [7, 11) is -3.32. The van der Waals surface area contributed by atoms with Gasteiger partial charge in [-0.25, -0.2) is 8.42 Å². The lowest BCUT2D eigenvalue weighted by Gasteiger charge is -2.35. The van der Waals surface area contributed by atoms with Gasteiger partial charge in [0.2, 0.25) is 10.0 Å². The molecular formula is C4H9NO4S. The van der Waals surface area contributed by atoms with Crippen LogP contribution in [-0.4, -0.2) is 38.7 Å². The lowest BCUT2D eigenvalue weighted by molar-refractivity contribution is -0.183. The van der Waals surface area contributed by atoms with E-state index in [9.17, 15) is 8.42 Å². The normalized spacial score (nSPS) is 23.8. The molecule has 0 atom stereocenters. The van der Waals surface area contributed by atoms with Gasteiger partial charge in [-0.15, -0.1) is 0 Å². The molecule has 2 N–H and O–H groups in total. The zero-order chi connectivity index (χ0) is 7.83. The first-order valence-corrected chi connectivity index (χ1v) is 4.60. The zero-order valence-electron chi connectivity index (χ0n) is 5.49. The first-order valence-electron chi connectivity index (χ1n) is 2.70. The maximum Gasteiger partial charge on any atom is 0.211 e. The largest absolute Gasteiger partial charge is 0.372 e. The molecule has 0 spiro atoms. The van der Waals surface area contributed by atoms with Crippen LogP contribution in [0.15, 0.2) is 0 Å². The number of aliphatic hydroxyl groups is 1. The molecule has 1 aliphatic rings. The molecule has 5 nitrogen and oxygen atoms in total. The Hall–Kier alpha value is -0.170. The monoisotopic (exact) mass is 167 g/mol. The summed E-state index contributed by atoms with van der Waals surface area (Å²) in [5.41, 5.74) is -1.35. The molecule has 60 valence electrons. The molecule has 10 heavy (non-hydrogen) atoms. The van der Waals surface area contributed by atoms with Gasteiger partial charge in [-0.2, -0.15) is 4.72 Å². The minimum Gasteiger partial charge on any atom is -0.372 e. The molecule has 1 fully saturated rings. The smallest absolute Gasteiger partial charge is 0.211 e. The van der Waals surface area contributed by atoms with Gasteiger partial charge in [-0.3, -0.25) is 0 Å². The Labute approximate surface area is 59.0 Å². The van der Waals surface area contributed by atoms with E-state index in [0.717, 1.165) is 6.26 Å². The number of hydrogen-bond acceptors (Lipinski definition) is 4. The Morgan fingerprint density at radius 3 is 2.20 bits per heavy atom. The molecule has 1 saturated heterocycles. The van der Waals surface area contributed by atoms with Crippen LogP contribution in [0, 0.1) is 0 Å². The molecule has 0 radical (unpaired) electrons. The van der Waals surface area contributed by atoms with Crippen molar-refractivity contribution in [2.45, 2.75) is 5.72 Å². The van der Waals surface area contributed by atoms with E-state index in [1.807, 2.05) is 4.72 Å². The molecule has 1 heterocycles. The average Bonchev–Trinajstić information content (AvgIpc) is 1.57. The van der Waals surface area contributed by atoms with E-state index in [4.69, 9.17) is 5.11 Å². The minimum atomic E-state index is -3.32. The fraction of sp³-hybridized carbons (Fsp3) is 1.00. The van der Waals surface area contributed by atoms with Gasteiger partial charge >= 0.3 is 0 Å².